The normalized spacial score (nSPS) is 10.4. The van der Waals surface area contributed by atoms with Gasteiger partial charge in [0.1, 0.15) is 71.9 Å². The van der Waals surface area contributed by atoms with Crippen molar-refractivity contribution in [3.8, 4) is 66.1 Å². The molecule has 0 spiro atoms. The van der Waals surface area contributed by atoms with Crippen LogP contribution < -0.4 is 271 Å². The molecule has 8 aromatic rings. The Morgan fingerprint density at radius 1 is 0.254 bits per heavy atom. The molecule has 8 rings (SSSR count). The number of nitrogens with zero attached hydrogens (tertiary/aromatic N) is 24. The van der Waals surface area contributed by atoms with Gasteiger partial charge in [0.2, 0.25) is 66.1 Å². The molecule has 138 heavy (non-hydrogen) atoms. The van der Waals surface area contributed by atoms with Crippen LogP contribution in [0.1, 0.15) is 19.2 Å². The number of carbonyl (C=O) groups excluding carboxylic acids is 4. The number of hydrogen-bond acceptors (Lipinski definition) is 60. The second kappa shape index (κ2) is 79.2. The standard InChI is InChI=1S/C16H24Cl2N8O10S2.C16H20Cl2N8O8.C16H18Cl2N6O10.C14H18Cl2N6O4.6Na/c17-11-21-13(19-1-9-37(27,28)29)25-15(23-11)35-7-5-33-3-4-34-6-8-36-16-24-12(18)22-14(26-16)20-2-10-38(30,31)32;17-11-21-13(19-7-9(27)28)25-15(23-11)33-5-3-31-1-2-32-4-6-34-16-24-12(18)22-14(26-16)20-8-10(29)30;17-11-19-13(23-15(21-11)33-7-9(25)26)31-5-3-29-1-2-30-4-6-32-14-20-12(18)22-16(24-14)34-8-10(27)28;1-3-4-24-13-20-11(16)21-14(22-13)26-8-6-23-5-7-25-12-18-9(2)17-10(15)19-12;;;;;;/h1-10H2,(H,27,28,29)(H,30,31,32)(H,19,21,23,25)(H,20,22,24,26);1-8H2,(H,27,28)(H,29,30)(H,19,21,23,25)(H,20,22,24,26);1-8H2,(H,25,26)(H,27,28);3-8H2,1-2H3;;;;;;/q;;;;6*+1/p-6. The van der Waals surface area contributed by atoms with Crippen LogP contribution in [0.2, 0.25) is 42.3 Å². The molecule has 0 aliphatic heterocycles. The molecule has 0 bridgehead atoms. The summed E-state index contributed by atoms with van der Waals surface area (Å²) in [7, 11) is -8.78. The molecule has 0 atom stereocenters. The Morgan fingerprint density at radius 2 is 0.442 bits per heavy atom. The monoisotopic (exact) mass is 2200 g/mol. The van der Waals surface area contributed by atoms with Crippen molar-refractivity contribution in [2.75, 3.05) is 224 Å². The van der Waals surface area contributed by atoms with Gasteiger partial charge in [-0.1, -0.05) is 6.92 Å². The van der Waals surface area contributed by atoms with Crippen LogP contribution in [-0.2, 0) is 72.6 Å². The summed E-state index contributed by atoms with van der Waals surface area (Å²) in [6.07, 6.45) is 0.825. The SMILES string of the molecule is CCCOc1nc(Cl)nc(OCCOCCOc2nc(C)nc(Cl)n2)n1.O=C([O-])CNc1nc(Cl)nc(OCCOCCOCCOc2nc(Cl)nc(NCC(=O)[O-])n2)n1.O=C([O-])COc1nc(Cl)nc(OCCOCCOCCOc2nc(Cl)nc(OCC(=O)[O-])n2)n1.O=S(=O)([O-])CCNc1nc(Cl)nc(OCCOCCOCCOc2nc(Cl)nc(NCCS(=O)(=O)[O-])n2)n1.[Na+].[Na+].[Na+].[Na+].[Na+].[Na+]. The smallest absolute Gasteiger partial charge is 0.748 e. The van der Waals surface area contributed by atoms with E-state index in [1.807, 2.05) is 6.92 Å². The average molecular weight is 2210 g/mol. The third kappa shape index (κ3) is 69.7. The molecule has 728 valence electrons. The molecular formula is C62H74Cl8N28Na6O32S2. The minimum atomic E-state index is -4.39. The van der Waals surface area contributed by atoms with Crippen LogP contribution in [0.5, 0.6) is 66.1 Å². The van der Waals surface area contributed by atoms with Gasteiger partial charge < -0.3 is 155 Å². The number of carboxylic acids is 4. The molecule has 60 nitrogen and oxygen atoms in total. The van der Waals surface area contributed by atoms with E-state index in [9.17, 15) is 65.5 Å². The van der Waals surface area contributed by atoms with Gasteiger partial charge in [0.25, 0.3) is 0 Å². The summed E-state index contributed by atoms with van der Waals surface area (Å²) >= 11 is 45.8. The summed E-state index contributed by atoms with van der Waals surface area (Å²) in [5.74, 6) is -6.66. The van der Waals surface area contributed by atoms with Gasteiger partial charge >= 0.3 is 243 Å². The number of rotatable bonds is 64. The van der Waals surface area contributed by atoms with Crippen molar-refractivity contribution in [3.05, 3.63) is 48.1 Å². The van der Waals surface area contributed by atoms with Gasteiger partial charge in [-0.2, -0.15) is 99.7 Å². The molecule has 4 N–H and O–H groups in total. The molecule has 8 heterocycles. The second-order valence-electron chi connectivity index (χ2n) is 22.9. The van der Waals surface area contributed by atoms with E-state index in [1.165, 1.54) is 0 Å². The van der Waals surface area contributed by atoms with Gasteiger partial charge in [-0.15, -0.1) is 15.0 Å². The largest absolute Gasteiger partial charge is 1.00 e. The van der Waals surface area contributed by atoms with Crippen molar-refractivity contribution >= 4 is 161 Å². The van der Waals surface area contributed by atoms with Crippen molar-refractivity contribution in [2.24, 2.45) is 0 Å². The Labute approximate surface area is 955 Å². The number of carbonyl (C=O) groups is 4. The van der Waals surface area contributed by atoms with E-state index in [0.29, 0.717) is 25.6 Å². The van der Waals surface area contributed by atoms with Crippen molar-refractivity contribution in [2.45, 2.75) is 20.3 Å². The maximum Gasteiger partial charge on any atom is 1.00 e. The summed E-state index contributed by atoms with van der Waals surface area (Å²) in [6, 6.07) is -1.08. The van der Waals surface area contributed by atoms with Gasteiger partial charge in [0.05, 0.1) is 168 Å². The van der Waals surface area contributed by atoms with E-state index < -0.39 is 81.9 Å². The predicted octanol–water partition coefficient (Wildman–Crippen LogP) is -23.0. The molecule has 0 aromatic carbocycles. The number of nitrogens with one attached hydrogen (secondary N) is 4. The fourth-order valence-electron chi connectivity index (χ4n) is 7.65. The van der Waals surface area contributed by atoms with E-state index in [-0.39, 0.29) is 455 Å². The molecule has 8 aromatic heterocycles. The molecule has 0 saturated carbocycles. The maximum atomic E-state index is 10.6. The van der Waals surface area contributed by atoms with Crippen molar-refractivity contribution < 1.29 is 328 Å². The van der Waals surface area contributed by atoms with Gasteiger partial charge in [0, 0.05) is 13.1 Å². The molecule has 0 fully saturated rings. The Balaban J connectivity index is 0. The van der Waals surface area contributed by atoms with Crippen LogP contribution in [0.3, 0.4) is 0 Å². The van der Waals surface area contributed by atoms with E-state index in [2.05, 4.69) is 141 Å². The summed E-state index contributed by atoms with van der Waals surface area (Å²) in [6.45, 7) is 5.23. The molecule has 0 aliphatic carbocycles. The molecule has 0 radical (unpaired) electrons. The number of ether oxygens (including phenoxy) is 18. The van der Waals surface area contributed by atoms with Crippen LogP contribution >= 0.6 is 92.8 Å². The van der Waals surface area contributed by atoms with Crippen molar-refractivity contribution in [3.63, 3.8) is 0 Å². The third-order valence-corrected chi connectivity index (χ3v) is 15.4. The first-order valence-corrected chi connectivity index (χ1v) is 43.1. The predicted molar refractivity (Wildman–Crippen MR) is 433 cm³/mol. The van der Waals surface area contributed by atoms with E-state index in [4.69, 9.17) is 178 Å². The van der Waals surface area contributed by atoms with E-state index in [0.717, 1.165) is 6.42 Å². The van der Waals surface area contributed by atoms with E-state index >= 15 is 0 Å². The summed E-state index contributed by atoms with van der Waals surface area (Å²) in [4.78, 5) is 132. The molecule has 0 aliphatic rings. The first kappa shape index (κ1) is 135. The molecular weight excluding hydrogens is 2130 g/mol. The Kier molecular flexibility index (Phi) is 77.4. The number of carboxylic acid groups (broad SMARTS) is 4. The average Bonchev–Trinajstić information content (AvgIpc) is 0.912. The number of aromatic nitrogens is 24. The van der Waals surface area contributed by atoms with Crippen LogP contribution in [0.15, 0.2) is 0 Å². The number of anilines is 4. The Morgan fingerprint density at radius 3 is 0.652 bits per heavy atom. The first-order chi connectivity index (χ1) is 63.1. The minimum Gasteiger partial charge on any atom is -0.748 e. The number of aryl methyl sites for hydroxylation is 1. The fourth-order valence-corrected chi connectivity index (χ4v) is 9.59. The molecule has 0 saturated heterocycles. The summed E-state index contributed by atoms with van der Waals surface area (Å²) < 4.78 is 158. The Bertz CT molecular complexity index is 4700. The topological polar surface area (TPSA) is 799 Å². The van der Waals surface area contributed by atoms with Crippen LogP contribution in [0, 0.1) is 6.92 Å². The first-order valence-electron chi connectivity index (χ1n) is 37.0. The third-order valence-electron chi connectivity index (χ3n) is 12.7. The van der Waals surface area contributed by atoms with Crippen LogP contribution in [0.4, 0.5) is 23.8 Å². The Hall–Kier alpha value is -5.18. The zero-order valence-corrected chi connectivity index (χ0v) is 93.9. The number of halogens is 8. The summed E-state index contributed by atoms with van der Waals surface area (Å²) in [5, 5.41) is 50.4. The van der Waals surface area contributed by atoms with Crippen LogP contribution in [-0.4, -0.2) is 372 Å². The van der Waals surface area contributed by atoms with Gasteiger partial charge in [-0.05, 0) is 106 Å². The zero-order valence-electron chi connectivity index (χ0n) is 74.3. The van der Waals surface area contributed by atoms with Crippen molar-refractivity contribution in [1.29, 1.82) is 0 Å². The fraction of sp³-hybridized carbons (Fsp3) is 0.548. The second-order valence-corrected chi connectivity index (χ2v) is 28.6. The van der Waals surface area contributed by atoms with Crippen LogP contribution in [0.25, 0.3) is 0 Å². The van der Waals surface area contributed by atoms with Gasteiger partial charge in [-0.25, -0.2) is 21.8 Å². The minimum absolute atomic E-state index is 0. The maximum absolute atomic E-state index is 10.6. The van der Waals surface area contributed by atoms with Gasteiger partial charge in [-0.3, -0.25) is 0 Å². The summed E-state index contributed by atoms with van der Waals surface area (Å²) in [5.41, 5.74) is 0. The number of hydrogen-bond donors (Lipinski definition) is 4. The molecule has 76 heteroatoms. The quantitative estimate of drug-likeness (QED) is 0.0156. The van der Waals surface area contributed by atoms with Gasteiger partial charge in [0.15, 0.2) is 0 Å². The van der Waals surface area contributed by atoms with E-state index in [1.54, 1.807) is 6.92 Å². The number of aliphatic carboxylic acids is 4. The molecule has 0 amide bonds. The zero-order chi connectivity index (χ0) is 96.3. The van der Waals surface area contributed by atoms with Crippen molar-refractivity contribution in [1.82, 2.24) is 120 Å². The molecule has 0 unspecified atom stereocenters.